The monoisotopic (exact) mass is 416 g/mol. The van der Waals surface area contributed by atoms with E-state index in [0.29, 0.717) is 21.0 Å². The highest BCUT2D eigenvalue weighted by Crippen LogP contribution is 2.28. The second-order valence-corrected chi connectivity index (χ2v) is 9.04. The maximum Gasteiger partial charge on any atom is 0.277 e. The molecule has 1 amide bonds. The number of nitrogens with one attached hydrogen (secondary N) is 1. The summed E-state index contributed by atoms with van der Waals surface area (Å²) in [5, 5.41) is 7.18. The Bertz CT molecular complexity index is 1290. The maximum absolute atomic E-state index is 13.0. The highest BCUT2D eigenvalue weighted by Gasteiger charge is 2.15. The van der Waals surface area contributed by atoms with E-state index in [-0.39, 0.29) is 16.4 Å². The van der Waals surface area contributed by atoms with Crippen molar-refractivity contribution in [2.45, 2.75) is 4.90 Å². The number of thiazole rings is 1. The van der Waals surface area contributed by atoms with Gasteiger partial charge >= 0.3 is 0 Å². The van der Waals surface area contributed by atoms with Crippen molar-refractivity contribution in [1.82, 2.24) is 14.8 Å². The molecule has 0 aliphatic heterocycles. The average Bonchev–Trinajstić information content (AvgIpc) is 3.27. The largest absolute Gasteiger partial charge is 0.296 e. The molecule has 1 N–H and O–H groups in total. The zero-order valence-electron chi connectivity index (χ0n) is 14.5. The summed E-state index contributed by atoms with van der Waals surface area (Å²) < 4.78 is 38.5. The topological polar surface area (TPSA) is 94.0 Å². The van der Waals surface area contributed by atoms with E-state index in [1.54, 1.807) is 24.4 Å². The number of benzene rings is 2. The molecule has 2 aromatic carbocycles. The fourth-order valence-corrected chi connectivity index (χ4v) is 4.15. The standard InChI is InChI=1S/C18H13FN4O3S2/c1-28(25,26)13-6-7-14-16(10-13)27-18(20-14)21-17(24)15-8-9-23(22-15)12-4-2-11(19)3-5-12/h2-10H,1H3,(H,20,21,24). The summed E-state index contributed by atoms with van der Waals surface area (Å²) in [7, 11) is -3.32. The van der Waals surface area contributed by atoms with Crippen molar-refractivity contribution in [3.8, 4) is 5.69 Å². The van der Waals surface area contributed by atoms with Gasteiger partial charge in [0, 0.05) is 12.5 Å². The number of carbonyl (C=O) groups excluding carboxylic acids is 1. The van der Waals surface area contributed by atoms with Crippen molar-refractivity contribution in [2.24, 2.45) is 0 Å². The molecule has 4 aromatic rings. The van der Waals surface area contributed by atoms with Crippen LogP contribution in [0.4, 0.5) is 9.52 Å². The second-order valence-electron chi connectivity index (χ2n) is 6.00. The number of fused-ring (bicyclic) bond motifs is 1. The number of sulfone groups is 1. The lowest BCUT2D eigenvalue weighted by molar-refractivity contribution is 0.102. The van der Waals surface area contributed by atoms with E-state index in [0.717, 1.165) is 6.26 Å². The molecule has 7 nitrogen and oxygen atoms in total. The minimum Gasteiger partial charge on any atom is -0.296 e. The van der Waals surface area contributed by atoms with Gasteiger partial charge < -0.3 is 0 Å². The first-order valence-electron chi connectivity index (χ1n) is 8.03. The fraction of sp³-hybridized carbons (Fsp3) is 0.0556. The van der Waals surface area contributed by atoms with Gasteiger partial charge in [-0.15, -0.1) is 0 Å². The molecular formula is C18H13FN4O3S2. The lowest BCUT2D eigenvalue weighted by Crippen LogP contribution is -2.13. The molecule has 0 atom stereocenters. The van der Waals surface area contributed by atoms with Crippen LogP contribution in [0.5, 0.6) is 0 Å². The van der Waals surface area contributed by atoms with Crippen LogP contribution in [0.2, 0.25) is 0 Å². The molecule has 4 rings (SSSR count). The van der Waals surface area contributed by atoms with Gasteiger partial charge in [0.1, 0.15) is 5.82 Å². The molecule has 0 saturated heterocycles. The van der Waals surface area contributed by atoms with Gasteiger partial charge in [-0.25, -0.2) is 22.5 Å². The molecular weight excluding hydrogens is 403 g/mol. The molecule has 0 saturated carbocycles. The first-order chi connectivity index (χ1) is 13.3. The van der Waals surface area contributed by atoms with Crippen LogP contribution in [0.15, 0.2) is 59.6 Å². The molecule has 0 aliphatic carbocycles. The lowest BCUT2D eigenvalue weighted by Gasteiger charge is -2.01. The van der Waals surface area contributed by atoms with Crippen molar-refractivity contribution < 1.29 is 17.6 Å². The molecule has 0 aliphatic rings. The third-order valence-corrected chi connectivity index (χ3v) is 5.97. The number of halogens is 1. The molecule has 0 fully saturated rings. The number of amides is 1. The van der Waals surface area contributed by atoms with Crippen LogP contribution in [0.1, 0.15) is 10.5 Å². The Balaban J connectivity index is 1.56. The summed E-state index contributed by atoms with van der Waals surface area (Å²) in [5.41, 5.74) is 1.37. The van der Waals surface area contributed by atoms with E-state index in [1.807, 2.05) is 0 Å². The Morgan fingerprint density at radius 1 is 1.14 bits per heavy atom. The molecule has 0 unspecified atom stereocenters. The quantitative estimate of drug-likeness (QED) is 0.551. The number of anilines is 1. The van der Waals surface area contributed by atoms with E-state index >= 15 is 0 Å². The first-order valence-corrected chi connectivity index (χ1v) is 10.7. The Labute approximate surface area is 163 Å². The Morgan fingerprint density at radius 2 is 1.89 bits per heavy atom. The summed E-state index contributed by atoms with van der Waals surface area (Å²) >= 11 is 1.17. The van der Waals surface area contributed by atoms with Crippen LogP contribution in [0, 0.1) is 5.82 Å². The van der Waals surface area contributed by atoms with Crippen LogP contribution < -0.4 is 5.32 Å². The van der Waals surface area contributed by atoms with Crippen LogP contribution in [0.25, 0.3) is 15.9 Å². The third kappa shape index (κ3) is 3.64. The predicted octanol–water partition coefficient (Wildman–Crippen LogP) is 3.28. The predicted molar refractivity (Wildman–Crippen MR) is 104 cm³/mol. The molecule has 10 heteroatoms. The molecule has 0 spiro atoms. The zero-order valence-corrected chi connectivity index (χ0v) is 16.1. The molecule has 0 radical (unpaired) electrons. The van der Waals surface area contributed by atoms with Crippen LogP contribution >= 0.6 is 11.3 Å². The summed E-state index contributed by atoms with van der Waals surface area (Å²) in [6.45, 7) is 0. The van der Waals surface area contributed by atoms with Crippen molar-refractivity contribution in [1.29, 1.82) is 0 Å². The number of rotatable bonds is 4. The lowest BCUT2D eigenvalue weighted by atomic mass is 10.3. The van der Waals surface area contributed by atoms with Crippen molar-refractivity contribution in [3.05, 3.63) is 66.2 Å². The van der Waals surface area contributed by atoms with Gasteiger partial charge in [-0.1, -0.05) is 11.3 Å². The summed E-state index contributed by atoms with van der Waals surface area (Å²) in [6, 6.07) is 11.9. The number of nitrogens with zero attached hydrogens (tertiary/aromatic N) is 3. The highest BCUT2D eigenvalue weighted by molar-refractivity contribution is 7.90. The van der Waals surface area contributed by atoms with Gasteiger partial charge in [0.15, 0.2) is 20.7 Å². The van der Waals surface area contributed by atoms with E-state index < -0.39 is 15.7 Å². The van der Waals surface area contributed by atoms with Gasteiger partial charge in [-0.05, 0) is 48.5 Å². The van der Waals surface area contributed by atoms with Gasteiger partial charge in [-0.2, -0.15) is 5.10 Å². The zero-order chi connectivity index (χ0) is 19.9. The number of aromatic nitrogens is 3. The summed E-state index contributed by atoms with van der Waals surface area (Å²) in [5.74, 6) is -0.813. The minimum atomic E-state index is -3.32. The van der Waals surface area contributed by atoms with E-state index in [1.165, 1.54) is 46.4 Å². The van der Waals surface area contributed by atoms with Gasteiger partial charge in [-0.3, -0.25) is 10.1 Å². The Kier molecular flexibility index (Phi) is 4.44. The van der Waals surface area contributed by atoms with Gasteiger partial charge in [0.25, 0.3) is 5.91 Å². The minimum absolute atomic E-state index is 0.167. The van der Waals surface area contributed by atoms with E-state index in [9.17, 15) is 17.6 Å². The molecule has 0 bridgehead atoms. The third-order valence-electron chi connectivity index (χ3n) is 3.92. The van der Waals surface area contributed by atoms with Crippen LogP contribution in [-0.4, -0.2) is 35.3 Å². The Morgan fingerprint density at radius 3 is 2.61 bits per heavy atom. The summed E-state index contributed by atoms with van der Waals surface area (Å²) in [6.07, 6.45) is 2.73. The fourth-order valence-electron chi connectivity index (χ4n) is 2.53. The van der Waals surface area contributed by atoms with Crippen molar-refractivity contribution in [2.75, 3.05) is 11.6 Å². The number of carbonyl (C=O) groups is 1. The van der Waals surface area contributed by atoms with Crippen LogP contribution in [0.3, 0.4) is 0 Å². The van der Waals surface area contributed by atoms with Crippen molar-refractivity contribution >= 4 is 42.4 Å². The number of hydrogen-bond donors (Lipinski definition) is 1. The smallest absolute Gasteiger partial charge is 0.277 e. The molecule has 2 heterocycles. The number of hydrogen-bond acceptors (Lipinski definition) is 6. The summed E-state index contributed by atoms with van der Waals surface area (Å²) in [4.78, 5) is 16.9. The molecule has 28 heavy (non-hydrogen) atoms. The van der Waals surface area contributed by atoms with E-state index in [2.05, 4.69) is 15.4 Å². The molecule has 142 valence electrons. The van der Waals surface area contributed by atoms with E-state index in [4.69, 9.17) is 0 Å². The first kappa shape index (κ1) is 18.3. The Hall–Kier alpha value is -3.11. The molecule has 2 aromatic heterocycles. The highest BCUT2D eigenvalue weighted by atomic mass is 32.2. The van der Waals surface area contributed by atoms with Crippen molar-refractivity contribution in [3.63, 3.8) is 0 Å². The second kappa shape index (κ2) is 6.80. The normalized spacial score (nSPS) is 11.6. The average molecular weight is 416 g/mol. The van der Waals surface area contributed by atoms with Crippen LogP contribution in [-0.2, 0) is 9.84 Å². The maximum atomic E-state index is 13.0. The SMILES string of the molecule is CS(=O)(=O)c1ccc2nc(NC(=O)c3ccn(-c4ccc(F)cc4)n3)sc2c1. The van der Waals surface area contributed by atoms with Gasteiger partial charge in [0.05, 0.1) is 20.8 Å². The van der Waals surface area contributed by atoms with Gasteiger partial charge in [0.2, 0.25) is 0 Å².